The van der Waals surface area contributed by atoms with Gasteiger partial charge in [0.1, 0.15) is 0 Å². The molecule has 1 aromatic rings. The lowest BCUT2D eigenvalue weighted by atomic mass is 10.2. The van der Waals surface area contributed by atoms with Crippen LogP contribution in [0.5, 0.6) is 0 Å². The minimum Gasteiger partial charge on any atom is -0.443 e. The van der Waals surface area contributed by atoms with Crippen molar-refractivity contribution in [1.82, 2.24) is 4.90 Å². The van der Waals surface area contributed by atoms with Gasteiger partial charge in [-0.3, -0.25) is 4.90 Å². The average molecular weight is 264 g/mol. The molecule has 4 heteroatoms. The van der Waals surface area contributed by atoms with Crippen molar-refractivity contribution in [2.75, 3.05) is 14.1 Å². The van der Waals surface area contributed by atoms with E-state index in [1.807, 2.05) is 44.4 Å². The summed E-state index contributed by atoms with van der Waals surface area (Å²) in [5, 5.41) is 0. The number of nitrogens with zero attached hydrogens (tertiary/aromatic N) is 1. The molecule has 0 radical (unpaired) electrons. The van der Waals surface area contributed by atoms with Crippen LogP contribution in [0.2, 0.25) is 0 Å². The second-order valence-electron chi connectivity index (χ2n) is 4.44. The third-order valence-electron chi connectivity index (χ3n) is 2.43. The van der Waals surface area contributed by atoms with Gasteiger partial charge >= 0.3 is 5.97 Å². The van der Waals surface area contributed by atoms with Gasteiger partial charge in [-0.25, -0.2) is 4.79 Å². The molecule has 0 aliphatic carbocycles. The summed E-state index contributed by atoms with van der Waals surface area (Å²) in [6, 6.07) is 9.99. The van der Waals surface area contributed by atoms with Gasteiger partial charge in [0, 0.05) is 12.1 Å². The maximum absolute atomic E-state index is 10.9. The first-order chi connectivity index (χ1) is 8.88. The molecule has 0 aromatic heterocycles. The second-order valence-corrected chi connectivity index (χ2v) is 4.44. The SMILES string of the molecule is C=C(C)C(=O)OC(C)N(C)C.NCc1ccccc1. The van der Waals surface area contributed by atoms with Gasteiger partial charge in [-0.05, 0) is 33.5 Å². The summed E-state index contributed by atoms with van der Waals surface area (Å²) in [6.45, 7) is 7.55. The molecule has 0 aliphatic heterocycles. The van der Waals surface area contributed by atoms with Gasteiger partial charge < -0.3 is 10.5 Å². The molecule has 1 aromatic carbocycles. The molecule has 106 valence electrons. The molecule has 0 aliphatic rings. The summed E-state index contributed by atoms with van der Waals surface area (Å²) in [6.07, 6.45) is -0.195. The number of carbonyl (C=O) groups is 1. The van der Waals surface area contributed by atoms with E-state index in [4.69, 9.17) is 10.5 Å². The van der Waals surface area contributed by atoms with Crippen molar-refractivity contribution in [3.8, 4) is 0 Å². The number of esters is 1. The molecular weight excluding hydrogens is 240 g/mol. The molecule has 19 heavy (non-hydrogen) atoms. The lowest BCUT2D eigenvalue weighted by Gasteiger charge is -2.19. The molecule has 0 saturated heterocycles. The molecule has 0 heterocycles. The van der Waals surface area contributed by atoms with Crippen molar-refractivity contribution in [2.24, 2.45) is 5.73 Å². The van der Waals surface area contributed by atoms with Crippen LogP contribution >= 0.6 is 0 Å². The fraction of sp³-hybridized carbons (Fsp3) is 0.400. The van der Waals surface area contributed by atoms with E-state index in [0.717, 1.165) is 0 Å². The maximum Gasteiger partial charge on any atom is 0.334 e. The summed E-state index contributed by atoms with van der Waals surface area (Å²) in [5.74, 6) is -0.341. The van der Waals surface area contributed by atoms with E-state index < -0.39 is 0 Å². The van der Waals surface area contributed by atoms with E-state index in [1.54, 1.807) is 18.7 Å². The zero-order chi connectivity index (χ0) is 14.8. The summed E-state index contributed by atoms with van der Waals surface area (Å²) in [5.41, 5.74) is 6.97. The van der Waals surface area contributed by atoms with Crippen LogP contribution < -0.4 is 5.73 Å². The molecule has 1 unspecified atom stereocenters. The molecule has 4 nitrogen and oxygen atoms in total. The van der Waals surface area contributed by atoms with Crippen LogP contribution in [0.15, 0.2) is 42.5 Å². The molecule has 0 saturated carbocycles. The topological polar surface area (TPSA) is 55.6 Å². The van der Waals surface area contributed by atoms with Crippen molar-refractivity contribution in [1.29, 1.82) is 0 Å². The Bertz CT molecular complexity index is 388. The Hall–Kier alpha value is -1.65. The number of hydrogen-bond acceptors (Lipinski definition) is 4. The summed E-state index contributed by atoms with van der Waals surface area (Å²) in [7, 11) is 3.69. The minimum atomic E-state index is -0.341. The highest BCUT2D eigenvalue weighted by Gasteiger charge is 2.10. The van der Waals surface area contributed by atoms with Crippen molar-refractivity contribution >= 4 is 5.97 Å². The first-order valence-electron chi connectivity index (χ1n) is 6.15. The average Bonchev–Trinajstić information content (AvgIpc) is 2.40. The van der Waals surface area contributed by atoms with Gasteiger partial charge in [-0.2, -0.15) is 0 Å². The molecule has 2 N–H and O–H groups in total. The third kappa shape index (κ3) is 8.13. The first kappa shape index (κ1) is 17.4. The summed E-state index contributed by atoms with van der Waals surface area (Å²) >= 11 is 0. The Labute approximate surface area is 115 Å². The Kier molecular flexibility index (Phi) is 8.49. The third-order valence-corrected chi connectivity index (χ3v) is 2.43. The Balaban J connectivity index is 0.000000356. The highest BCUT2D eigenvalue weighted by molar-refractivity contribution is 5.87. The van der Waals surface area contributed by atoms with Crippen LogP contribution in [0.3, 0.4) is 0 Å². The maximum atomic E-state index is 10.9. The van der Waals surface area contributed by atoms with E-state index in [-0.39, 0.29) is 12.2 Å². The van der Waals surface area contributed by atoms with Crippen molar-refractivity contribution in [3.05, 3.63) is 48.0 Å². The van der Waals surface area contributed by atoms with E-state index in [9.17, 15) is 4.79 Å². The monoisotopic (exact) mass is 264 g/mol. The molecule has 1 atom stereocenters. The van der Waals surface area contributed by atoms with Crippen molar-refractivity contribution < 1.29 is 9.53 Å². The smallest absolute Gasteiger partial charge is 0.334 e. The van der Waals surface area contributed by atoms with Crippen LogP contribution in [0.1, 0.15) is 19.4 Å². The van der Waals surface area contributed by atoms with Gasteiger partial charge in [0.25, 0.3) is 0 Å². The van der Waals surface area contributed by atoms with Crippen LogP contribution in [-0.2, 0) is 16.1 Å². The van der Waals surface area contributed by atoms with Gasteiger partial charge in [-0.15, -0.1) is 0 Å². The predicted molar refractivity (Wildman–Crippen MR) is 78.4 cm³/mol. The normalized spacial score (nSPS) is 11.3. The fourth-order valence-corrected chi connectivity index (χ4v) is 0.975. The number of nitrogens with two attached hydrogens (primary N) is 1. The number of carbonyl (C=O) groups excluding carboxylic acids is 1. The largest absolute Gasteiger partial charge is 0.443 e. The number of hydrogen-bond donors (Lipinski definition) is 1. The number of benzene rings is 1. The van der Waals surface area contributed by atoms with E-state index in [1.165, 1.54) is 5.56 Å². The molecule has 0 bridgehead atoms. The van der Waals surface area contributed by atoms with Gasteiger partial charge in [0.15, 0.2) is 6.23 Å². The molecular formula is C15H24N2O2. The Morgan fingerprint density at radius 3 is 2.21 bits per heavy atom. The minimum absolute atomic E-state index is 0.195. The standard InChI is InChI=1S/C8H15NO2.C7H9N/c1-6(2)8(10)11-7(3)9(4)5;8-6-7-4-2-1-3-5-7/h7H,1H2,2-5H3;1-5H,6,8H2. The van der Waals surface area contributed by atoms with E-state index in [2.05, 4.69) is 6.58 Å². The van der Waals surface area contributed by atoms with Crippen LogP contribution in [-0.4, -0.2) is 31.2 Å². The number of rotatable bonds is 4. The Morgan fingerprint density at radius 1 is 1.37 bits per heavy atom. The first-order valence-corrected chi connectivity index (χ1v) is 6.15. The fourth-order valence-electron chi connectivity index (χ4n) is 0.975. The van der Waals surface area contributed by atoms with Gasteiger partial charge in [0.2, 0.25) is 0 Å². The van der Waals surface area contributed by atoms with Crippen LogP contribution in [0.4, 0.5) is 0 Å². The van der Waals surface area contributed by atoms with E-state index >= 15 is 0 Å². The number of ether oxygens (including phenoxy) is 1. The zero-order valence-electron chi connectivity index (χ0n) is 12.2. The quantitative estimate of drug-likeness (QED) is 0.514. The second kappa shape index (κ2) is 9.30. The van der Waals surface area contributed by atoms with Crippen LogP contribution in [0.25, 0.3) is 0 Å². The summed E-state index contributed by atoms with van der Waals surface area (Å²) < 4.78 is 4.96. The lowest BCUT2D eigenvalue weighted by molar-refractivity contribution is -0.150. The van der Waals surface area contributed by atoms with Gasteiger partial charge in [0.05, 0.1) is 0 Å². The van der Waals surface area contributed by atoms with Crippen molar-refractivity contribution in [2.45, 2.75) is 26.6 Å². The summed E-state index contributed by atoms with van der Waals surface area (Å²) in [4.78, 5) is 12.7. The van der Waals surface area contributed by atoms with E-state index in [0.29, 0.717) is 12.1 Å². The predicted octanol–water partition coefficient (Wildman–Crippen LogP) is 2.16. The molecule has 1 rings (SSSR count). The Morgan fingerprint density at radius 2 is 1.89 bits per heavy atom. The highest BCUT2D eigenvalue weighted by Crippen LogP contribution is 1.99. The molecule has 0 amide bonds. The van der Waals surface area contributed by atoms with Crippen molar-refractivity contribution in [3.63, 3.8) is 0 Å². The lowest BCUT2D eigenvalue weighted by Crippen LogP contribution is -2.30. The van der Waals surface area contributed by atoms with Gasteiger partial charge in [-0.1, -0.05) is 36.9 Å². The highest BCUT2D eigenvalue weighted by atomic mass is 16.6. The molecule has 0 spiro atoms. The zero-order valence-corrected chi connectivity index (χ0v) is 12.2. The van der Waals surface area contributed by atoms with Crippen LogP contribution in [0, 0.1) is 0 Å². The molecule has 0 fully saturated rings.